The number of nitrogens with zero attached hydrogens (tertiary/aromatic N) is 1. The molecule has 2 rings (SSSR count). The number of benzene rings is 1. The molecule has 1 aliphatic heterocycles. The Kier molecular flexibility index (Phi) is 15.6. The smallest absolute Gasteiger partial charge is 0 e. The normalized spacial score (nSPS) is 12.9. The second-order valence-electron chi connectivity index (χ2n) is 4.33. The Morgan fingerprint density at radius 3 is 1.90 bits per heavy atom. The molecule has 1 aromatic carbocycles. The van der Waals surface area contributed by atoms with E-state index in [1.54, 1.807) is 0 Å². The van der Waals surface area contributed by atoms with Crippen molar-refractivity contribution in [3.8, 4) is 0 Å². The molecule has 1 aromatic rings. The van der Waals surface area contributed by atoms with Crippen molar-refractivity contribution in [3.63, 3.8) is 0 Å². The SMILES string of the molecule is Cc1ccccc1C1=NC(C)(C)CO1.[C-]#[O+].[C-]#[O+].[C-]#[O+].[Cr]. The van der Waals surface area contributed by atoms with Crippen LogP contribution in [-0.2, 0) is 36.1 Å². The molecule has 0 aliphatic carbocycles. The fraction of sp³-hybridized carbons (Fsp3) is 0.333. The van der Waals surface area contributed by atoms with Crippen LogP contribution in [0.5, 0.6) is 0 Å². The van der Waals surface area contributed by atoms with Gasteiger partial charge in [0.15, 0.2) is 0 Å². The molecule has 0 atom stereocenters. The fourth-order valence-corrected chi connectivity index (χ4v) is 1.54. The van der Waals surface area contributed by atoms with Crippen molar-refractivity contribution < 1.29 is 36.1 Å². The van der Waals surface area contributed by atoms with Crippen LogP contribution in [0.1, 0.15) is 25.0 Å². The maximum Gasteiger partial charge on any atom is 0 e. The van der Waals surface area contributed by atoms with Crippen LogP contribution in [0, 0.1) is 26.9 Å². The number of rotatable bonds is 1. The van der Waals surface area contributed by atoms with Crippen molar-refractivity contribution >= 4 is 5.90 Å². The van der Waals surface area contributed by atoms with Crippen molar-refractivity contribution in [2.75, 3.05) is 6.61 Å². The molecule has 0 bridgehead atoms. The molecule has 21 heavy (non-hydrogen) atoms. The van der Waals surface area contributed by atoms with Gasteiger partial charge in [-0.2, -0.15) is 0 Å². The third-order valence-electron chi connectivity index (χ3n) is 2.34. The van der Waals surface area contributed by atoms with Gasteiger partial charge in [-0.1, -0.05) is 18.2 Å². The largest absolute Gasteiger partial charge is 0 e. The Hall–Kier alpha value is -1.56. The standard InChI is InChI=1S/C12H15NO.3CO.Cr/c1-9-6-4-5-7-10(9)11-13-12(2,3)8-14-11;3*1-2;/h4-7H,8H2,1-3H3;;;;. The first-order valence-electron chi connectivity index (χ1n) is 5.48. The van der Waals surface area contributed by atoms with Gasteiger partial charge in [-0.25, -0.2) is 4.99 Å². The Labute approximate surface area is 135 Å². The van der Waals surface area contributed by atoms with Crippen molar-refractivity contribution in [2.24, 2.45) is 4.99 Å². The van der Waals surface area contributed by atoms with E-state index in [-0.39, 0.29) is 22.9 Å². The summed E-state index contributed by atoms with van der Waals surface area (Å²) in [7, 11) is 0. The van der Waals surface area contributed by atoms with Crippen LogP contribution in [0.4, 0.5) is 0 Å². The van der Waals surface area contributed by atoms with E-state index in [0.717, 1.165) is 11.5 Å². The first kappa shape index (κ1) is 24.5. The fourth-order valence-electron chi connectivity index (χ4n) is 1.54. The van der Waals surface area contributed by atoms with Crippen molar-refractivity contribution in [2.45, 2.75) is 26.3 Å². The third kappa shape index (κ3) is 8.35. The van der Waals surface area contributed by atoms with E-state index in [1.807, 2.05) is 12.1 Å². The van der Waals surface area contributed by atoms with E-state index in [0.29, 0.717) is 6.61 Å². The van der Waals surface area contributed by atoms with Gasteiger partial charge in [0.05, 0.1) is 5.54 Å². The van der Waals surface area contributed by atoms with E-state index in [1.165, 1.54) is 5.56 Å². The number of aliphatic imine (C=N–C) groups is 1. The van der Waals surface area contributed by atoms with Gasteiger partial charge in [-0.3, -0.25) is 0 Å². The van der Waals surface area contributed by atoms with Crippen LogP contribution in [0.15, 0.2) is 29.3 Å². The third-order valence-corrected chi connectivity index (χ3v) is 2.34. The van der Waals surface area contributed by atoms with Gasteiger partial charge < -0.3 is 4.74 Å². The average molecular weight is 325 g/mol. The summed E-state index contributed by atoms with van der Waals surface area (Å²) >= 11 is 0. The molecule has 0 radical (unpaired) electrons. The maximum absolute atomic E-state index is 7.50. The van der Waals surface area contributed by atoms with Crippen LogP contribution >= 0.6 is 0 Å². The summed E-state index contributed by atoms with van der Waals surface area (Å²) in [5.74, 6) is 0.785. The quantitative estimate of drug-likeness (QED) is 0.577. The first-order valence-corrected chi connectivity index (χ1v) is 5.48. The van der Waals surface area contributed by atoms with E-state index < -0.39 is 0 Å². The molecule has 6 heteroatoms. The number of hydrogen-bond donors (Lipinski definition) is 0. The summed E-state index contributed by atoms with van der Waals surface area (Å²) in [4.78, 5) is 4.55. The minimum Gasteiger partial charge on any atom is 0 e. The van der Waals surface area contributed by atoms with Crippen LogP contribution in [0.3, 0.4) is 0 Å². The topological polar surface area (TPSA) is 81.3 Å². The summed E-state index contributed by atoms with van der Waals surface area (Å²) in [6.07, 6.45) is 0. The number of ether oxygens (including phenoxy) is 1. The van der Waals surface area contributed by atoms with Gasteiger partial charge in [0.1, 0.15) is 6.61 Å². The zero-order chi connectivity index (χ0) is 16.2. The summed E-state index contributed by atoms with van der Waals surface area (Å²) in [5.41, 5.74) is 2.25. The molecule has 0 saturated carbocycles. The van der Waals surface area contributed by atoms with Gasteiger partial charge in [-0.15, -0.1) is 0 Å². The Balaban J connectivity index is -0.000000414. The molecule has 0 spiro atoms. The number of hydrogen-bond acceptors (Lipinski definition) is 2. The first-order chi connectivity index (χ1) is 9.58. The zero-order valence-electron chi connectivity index (χ0n) is 12.0. The molecule has 5 nitrogen and oxygen atoms in total. The summed E-state index contributed by atoms with van der Waals surface area (Å²) in [6.45, 7) is 20.4. The van der Waals surface area contributed by atoms with Crippen LogP contribution in [-0.4, -0.2) is 18.0 Å². The van der Waals surface area contributed by atoms with Gasteiger partial charge in [0.25, 0.3) is 0 Å². The monoisotopic (exact) mass is 325 g/mol. The molecular weight excluding hydrogens is 310 g/mol. The van der Waals surface area contributed by atoms with Gasteiger partial charge in [-0.05, 0) is 32.4 Å². The summed E-state index contributed by atoms with van der Waals surface area (Å²) in [6, 6.07) is 8.17. The summed E-state index contributed by atoms with van der Waals surface area (Å²) < 4.78 is 28.1. The summed E-state index contributed by atoms with van der Waals surface area (Å²) in [5, 5.41) is 0. The van der Waals surface area contributed by atoms with Crippen molar-refractivity contribution in [1.82, 2.24) is 0 Å². The molecule has 0 saturated heterocycles. The maximum atomic E-state index is 7.50. The molecule has 0 fully saturated rings. The van der Waals surface area contributed by atoms with Crippen molar-refractivity contribution in [1.29, 1.82) is 0 Å². The van der Waals surface area contributed by atoms with E-state index >= 15 is 0 Å². The predicted molar refractivity (Wildman–Crippen MR) is 69.5 cm³/mol. The van der Waals surface area contributed by atoms with Crippen LogP contribution < -0.4 is 0 Å². The van der Waals surface area contributed by atoms with Crippen LogP contribution in [0.2, 0.25) is 0 Å². The Morgan fingerprint density at radius 1 is 1.05 bits per heavy atom. The zero-order valence-corrected chi connectivity index (χ0v) is 13.3. The van der Waals surface area contributed by atoms with Crippen molar-refractivity contribution in [3.05, 3.63) is 55.3 Å². The molecule has 0 aromatic heterocycles. The van der Waals surface area contributed by atoms with Gasteiger partial charge in [0, 0.05) is 22.9 Å². The Bertz CT molecular complexity index is 490. The average Bonchev–Trinajstić information content (AvgIpc) is 2.86. The van der Waals surface area contributed by atoms with Crippen LogP contribution in [0.25, 0.3) is 0 Å². The van der Waals surface area contributed by atoms with Gasteiger partial charge in [0.2, 0.25) is 5.90 Å². The molecule has 1 aliphatic rings. The minimum atomic E-state index is -0.0718. The molecule has 110 valence electrons. The van der Waals surface area contributed by atoms with E-state index in [9.17, 15) is 0 Å². The molecule has 0 amide bonds. The Morgan fingerprint density at radius 2 is 1.52 bits per heavy atom. The minimum absolute atomic E-state index is 0. The molecular formula is C15H15CrNO4. The second kappa shape index (κ2) is 13.4. The van der Waals surface area contributed by atoms with Gasteiger partial charge >= 0.3 is 33.9 Å². The van der Waals surface area contributed by atoms with E-state index in [4.69, 9.17) is 18.7 Å². The molecule has 0 unspecified atom stereocenters. The number of aryl methyl sites for hydroxylation is 1. The second-order valence-corrected chi connectivity index (χ2v) is 4.33. The molecule has 0 N–H and O–H groups in total. The molecule has 1 heterocycles. The van der Waals surface area contributed by atoms with E-state index in [2.05, 4.69) is 57.8 Å². The predicted octanol–water partition coefficient (Wildman–Crippen LogP) is 2.44.